The van der Waals surface area contributed by atoms with Crippen LogP contribution in [-0.4, -0.2) is 56.0 Å². The van der Waals surface area contributed by atoms with Gasteiger partial charge in [-0.2, -0.15) is 0 Å². The molecule has 1 aliphatic rings. The van der Waals surface area contributed by atoms with Crippen LogP contribution in [0.25, 0.3) is 0 Å². The fourth-order valence-electron chi connectivity index (χ4n) is 3.19. The molecule has 1 aromatic carbocycles. The summed E-state index contributed by atoms with van der Waals surface area (Å²) in [6.07, 6.45) is 0. The van der Waals surface area contributed by atoms with Crippen LogP contribution in [-0.2, 0) is 11.3 Å². The summed E-state index contributed by atoms with van der Waals surface area (Å²) in [5.41, 5.74) is 2.50. The number of carbonyl (C=O) groups excluding carboxylic acids is 1. The van der Waals surface area contributed by atoms with Crippen LogP contribution in [0.4, 0.5) is 5.69 Å². The Balaban J connectivity index is 0.00000300. The number of benzene rings is 1. The van der Waals surface area contributed by atoms with E-state index in [1.807, 2.05) is 17.9 Å². The zero-order chi connectivity index (χ0) is 19.8. The fraction of sp³-hybridized carbons (Fsp3) is 0.429. The average Bonchev–Trinajstić information content (AvgIpc) is 3.15. The maximum atomic E-state index is 12.6. The standard InChI is InChI=1S/C21H29N5OS.HI/c1-3-22-21(23-15-19-17(2)9-14-28-19)24-16-20(27)26-12-10-25(11-13-26)18-7-5-4-6-8-18;/h4-9,14H,3,10-13,15-16H2,1-2H3,(H2,22,23,24);1H. The Hall–Kier alpha value is -1.81. The Morgan fingerprint density at radius 3 is 2.45 bits per heavy atom. The van der Waals surface area contributed by atoms with E-state index in [0.29, 0.717) is 5.96 Å². The number of anilines is 1. The van der Waals surface area contributed by atoms with Gasteiger partial charge >= 0.3 is 0 Å². The van der Waals surface area contributed by atoms with Crippen molar-refractivity contribution in [3.05, 3.63) is 52.2 Å². The van der Waals surface area contributed by atoms with Gasteiger partial charge < -0.3 is 20.4 Å². The molecule has 1 aromatic heterocycles. The lowest BCUT2D eigenvalue weighted by molar-refractivity contribution is -0.129. The summed E-state index contributed by atoms with van der Waals surface area (Å²) in [5.74, 6) is 0.767. The number of amides is 1. The maximum Gasteiger partial charge on any atom is 0.244 e. The number of hydrogen-bond acceptors (Lipinski definition) is 4. The van der Waals surface area contributed by atoms with Crippen molar-refractivity contribution in [2.45, 2.75) is 20.4 Å². The lowest BCUT2D eigenvalue weighted by Crippen LogP contribution is -2.49. The van der Waals surface area contributed by atoms with Crippen molar-refractivity contribution in [3.63, 3.8) is 0 Å². The highest BCUT2D eigenvalue weighted by molar-refractivity contribution is 14.0. The molecule has 2 N–H and O–H groups in total. The molecule has 0 bridgehead atoms. The number of aliphatic imine (C=N–C) groups is 1. The molecule has 0 unspecified atom stereocenters. The van der Waals surface area contributed by atoms with Crippen molar-refractivity contribution in [1.29, 1.82) is 0 Å². The van der Waals surface area contributed by atoms with E-state index >= 15 is 0 Å². The smallest absolute Gasteiger partial charge is 0.244 e. The second-order valence-corrected chi connectivity index (χ2v) is 7.78. The summed E-state index contributed by atoms with van der Waals surface area (Å²) in [6.45, 7) is 8.98. The maximum absolute atomic E-state index is 12.6. The largest absolute Gasteiger partial charge is 0.368 e. The van der Waals surface area contributed by atoms with Crippen molar-refractivity contribution in [2.24, 2.45) is 4.99 Å². The number of para-hydroxylation sites is 1. The molecule has 2 aromatic rings. The summed E-state index contributed by atoms with van der Waals surface area (Å²) < 4.78 is 0. The van der Waals surface area contributed by atoms with Crippen LogP contribution in [0.1, 0.15) is 17.4 Å². The van der Waals surface area contributed by atoms with Gasteiger partial charge in [0.1, 0.15) is 6.54 Å². The van der Waals surface area contributed by atoms with Crippen molar-refractivity contribution in [3.8, 4) is 0 Å². The predicted molar refractivity (Wildman–Crippen MR) is 133 cm³/mol. The molecule has 158 valence electrons. The highest BCUT2D eigenvalue weighted by Gasteiger charge is 2.21. The molecule has 0 spiro atoms. The average molecular weight is 527 g/mol. The predicted octanol–water partition coefficient (Wildman–Crippen LogP) is 3.08. The van der Waals surface area contributed by atoms with Crippen LogP contribution in [0.2, 0.25) is 0 Å². The molecule has 0 atom stereocenters. The summed E-state index contributed by atoms with van der Waals surface area (Å²) in [5, 5.41) is 8.63. The van der Waals surface area contributed by atoms with Crippen LogP contribution in [0.15, 0.2) is 46.8 Å². The van der Waals surface area contributed by atoms with Crippen LogP contribution in [0.5, 0.6) is 0 Å². The summed E-state index contributed by atoms with van der Waals surface area (Å²) >= 11 is 1.73. The van der Waals surface area contributed by atoms with Gasteiger partial charge in [0.25, 0.3) is 0 Å². The first kappa shape index (κ1) is 23.5. The van der Waals surface area contributed by atoms with E-state index in [-0.39, 0.29) is 36.4 Å². The zero-order valence-corrected chi connectivity index (χ0v) is 20.2. The van der Waals surface area contributed by atoms with E-state index in [1.165, 1.54) is 16.1 Å². The number of piperazine rings is 1. The number of rotatable bonds is 6. The van der Waals surface area contributed by atoms with E-state index in [0.717, 1.165) is 39.3 Å². The number of guanidine groups is 1. The van der Waals surface area contributed by atoms with Crippen molar-refractivity contribution in [2.75, 3.05) is 44.2 Å². The first-order chi connectivity index (χ1) is 13.7. The Labute approximate surface area is 194 Å². The van der Waals surface area contributed by atoms with E-state index in [4.69, 9.17) is 0 Å². The lowest BCUT2D eigenvalue weighted by atomic mass is 10.2. The van der Waals surface area contributed by atoms with Gasteiger partial charge in [0.15, 0.2) is 5.96 Å². The van der Waals surface area contributed by atoms with E-state index in [2.05, 4.69) is 63.2 Å². The van der Waals surface area contributed by atoms with Gasteiger partial charge in [0.05, 0.1) is 6.54 Å². The third kappa shape index (κ3) is 6.88. The molecule has 1 fully saturated rings. The molecule has 0 radical (unpaired) electrons. The second kappa shape index (κ2) is 12.0. The molecule has 1 aliphatic heterocycles. The zero-order valence-electron chi connectivity index (χ0n) is 17.1. The summed E-state index contributed by atoms with van der Waals surface area (Å²) in [6, 6.07) is 12.5. The number of thiophene rings is 1. The molecule has 6 nitrogen and oxygen atoms in total. The Kier molecular flexibility index (Phi) is 9.72. The first-order valence-electron chi connectivity index (χ1n) is 9.80. The molecular formula is C21H30IN5OS. The van der Waals surface area contributed by atoms with Crippen LogP contribution in [0, 0.1) is 6.92 Å². The van der Waals surface area contributed by atoms with Gasteiger partial charge in [0, 0.05) is 43.3 Å². The third-order valence-corrected chi connectivity index (χ3v) is 5.88. The SMILES string of the molecule is CCNC(=NCC(=O)N1CCN(c2ccccc2)CC1)NCc1sccc1C.I. The Morgan fingerprint density at radius 1 is 1.10 bits per heavy atom. The van der Waals surface area contributed by atoms with Gasteiger partial charge in [0.2, 0.25) is 5.91 Å². The molecule has 2 heterocycles. The highest BCUT2D eigenvalue weighted by atomic mass is 127. The van der Waals surface area contributed by atoms with Crippen LogP contribution < -0.4 is 15.5 Å². The highest BCUT2D eigenvalue weighted by Crippen LogP contribution is 2.16. The van der Waals surface area contributed by atoms with Gasteiger partial charge in [-0.05, 0) is 43.0 Å². The minimum Gasteiger partial charge on any atom is -0.368 e. The number of carbonyl (C=O) groups is 1. The fourth-order valence-corrected chi connectivity index (χ4v) is 4.04. The minimum absolute atomic E-state index is 0. The van der Waals surface area contributed by atoms with Crippen LogP contribution in [0.3, 0.4) is 0 Å². The molecule has 29 heavy (non-hydrogen) atoms. The van der Waals surface area contributed by atoms with E-state index in [9.17, 15) is 4.79 Å². The molecule has 1 amide bonds. The van der Waals surface area contributed by atoms with Gasteiger partial charge in [-0.15, -0.1) is 35.3 Å². The topological polar surface area (TPSA) is 60.0 Å². The van der Waals surface area contributed by atoms with Gasteiger partial charge in [-0.25, -0.2) is 4.99 Å². The molecular weight excluding hydrogens is 497 g/mol. The minimum atomic E-state index is 0. The third-order valence-electron chi connectivity index (χ3n) is 4.85. The summed E-state index contributed by atoms with van der Waals surface area (Å²) in [4.78, 5) is 22.6. The second-order valence-electron chi connectivity index (χ2n) is 6.78. The number of nitrogens with zero attached hydrogens (tertiary/aromatic N) is 3. The van der Waals surface area contributed by atoms with E-state index < -0.39 is 0 Å². The van der Waals surface area contributed by atoms with Crippen molar-refractivity contribution >= 4 is 52.9 Å². The Bertz CT molecular complexity index is 787. The monoisotopic (exact) mass is 527 g/mol. The van der Waals surface area contributed by atoms with Crippen molar-refractivity contribution < 1.29 is 4.79 Å². The molecule has 0 aliphatic carbocycles. The van der Waals surface area contributed by atoms with Crippen molar-refractivity contribution in [1.82, 2.24) is 15.5 Å². The quantitative estimate of drug-likeness (QED) is 0.345. The first-order valence-corrected chi connectivity index (χ1v) is 10.7. The number of halogens is 1. The summed E-state index contributed by atoms with van der Waals surface area (Å²) in [7, 11) is 0. The normalized spacial score (nSPS) is 14.3. The van der Waals surface area contributed by atoms with E-state index in [1.54, 1.807) is 11.3 Å². The number of aryl methyl sites for hydroxylation is 1. The van der Waals surface area contributed by atoms with Gasteiger partial charge in [-0.3, -0.25) is 4.79 Å². The molecule has 1 saturated heterocycles. The lowest BCUT2D eigenvalue weighted by Gasteiger charge is -2.36. The molecule has 0 saturated carbocycles. The molecule has 3 rings (SSSR count). The van der Waals surface area contributed by atoms with Crippen LogP contribution >= 0.6 is 35.3 Å². The molecule has 8 heteroatoms. The Morgan fingerprint density at radius 2 is 1.83 bits per heavy atom. The number of nitrogens with one attached hydrogen (secondary N) is 2. The van der Waals surface area contributed by atoms with Gasteiger partial charge in [-0.1, -0.05) is 18.2 Å². The number of hydrogen-bond donors (Lipinski definition) is 2.